The Morgan fingerprint density at radius 3 is 2.82 bits per heavy atom. The summed E-state index contributed by atoms with van der Waals surface area (Å²) in [4.78, 5) is 0.191. The number of ether oxygens (including phenoxy) is 1. The highest BCUT2D eigenvalue weighted by atomic mass is 32.2. The molecule has 0 radical (unpaired) electrons. The van der Waals surface area contributed by atoms with E-state index in [0.29, 0.717) is 18.6 Å². The van der Waals surface area contributed by atoms with Crippen molar-refractivity contribution in [3.8, 4) is 5.75 Å². The molecule has 3 rings (SSSR count). The summed E-state index contributed by atoms with van der Waals surface area (Å²) in [5.74, 6) is 0.477. The molecule has 0 aromatic heterocycles. The van der Waals surface area contributed by atoms with Gasteiger partial charge in [-0.15, -0.1) is 0 Å². The molecule has 0 fully saturated rings. The lowest BCUT2D eigenvalue weighted by atomic mass is 10.0. The van der Waals surface area contributed by atoms with Crippen LogP contribution in [0.15, 0.2) is 35.2 Å². The lowest BCUT2D eigenvalue weighted by molar-refractivity contribution is 0.135. The molecule has 1 aromatic rings. The van der Waals surface area contributed by atoms with Gasteiger partial charge in [0.2, 0.25) is 10.0 Å². The third-order valence-electron chi connectivity index (χ3n) is 4.06. The molecule has 0 bridgehead atoms. The third-order valence-corrected chi connectivity index (χ3v) is 5.57. The highest BCUT2D eigenvalue weighted by Gasteiger charge is 2.35. The first-order chi connectivity index (χ1) is 10.3. The number of aliphatic hydroxyl groups excluding tert-OH is 1. The number of sulfonamides is 1. The van der Waals surface area contributed by atoms with Gasteiger partial charge >= 0.3 is 0 Å². The van der Waals surface area contributed by atoms with Crippen molar-refractivity contribution in [3.05, 3.63) is 35.9 Å². The third kappa shape index (κ3) is 2.91. The van der Waals surface area contributed by atoms with E-state index >= 15 is 0 Å². The Bertz CT molecular complexity index is 709. The molecular weight excluding hydrogens is 302 g/mol. The summed E-state index contributed by atoms with van der Waals surface area (Å²) in [5.41, 5.74) is 0.534. The molecule has 0 saturated heterocycles. The van der Waals surface area contributed by atoms with Gasteiger partial charge in [-0.3, -0.25) is 0 Å². The second kappa shape index (κ2) is 5.37. The van der Waals surface area contributed by atoms with Gasteiger partial charge in [-0.05, 0) is 31.9 Å². The summed E-state index contributed by atoms with van der Waals surface area (Å²) >= 11 is 0. The molecule has 5 nitrogen and oxygen atoms in total. The molecule has 2 aliphatic rings. The number of rotatable bonds is 4. The lowest BCUT2D eigenvalue weighted by Gasteiger charge is -2.19. The van der Waals surface area contributed by atoms with Crippen LogP contribution in [0.4, 0.5) is 0 Å². The van der Waals surface area contributed by atoms with Crippen LogP contribution in [0, 0.1) is 5.92 Å². The van der Waals surface area contributed by atoms with E-state index < -0.39 is 10.0 Å². The fourth-order valence-electron chi connectivity index (χ4n) is 3.06. The van der Waals surface area contributed by atoms with Crippen LogP contribution < -0.4 is 9.46 Å². The second-order valence-electron chi connectivity index (χ2n) is 6.57. The summed E-state index contributed by atoms with van der Waals surface area (Å²) < 4.78 is 33.9. The first-order valence-electron chi connectivity index (χ1n) is 7.43. The SMILES string of the molecule is CC1(C)Cc2cccc(S(=O)(=O)N[C@@H]3C=C[C@H](CO)C3)c2O1. The molecule has 0 amide bonds. The van der Waals surface area contributed by atoms with Crippen molar-refractivity contribution < 1.29 is 18.3 Å². The quantitative estimate of drug-likeness (QED) is 0.826. The minimum atomic E-state index is -3.66. The molecule has 1 aliphatic carbocycles. The number of para-hydroxylation sites is 1. The van der Waals surface area contributed by atoms with E-state index in [4.69, 9.17) is 9.84 Å². The molecule has 1 aromatic carbocycles. The Kier molecular flexibility index (Phi) is 3.79. The smallest absolute Gasteiger partial charge is 0.244 e. The van der Waals surface area contributed by atoms with Gasteiger partial charge in [0.15, 0.2) is 0 Å². The number of fused-ring (bicyclic) bond motifs is 1. The monoisotopic (exact) mass is 323 g/mol. The molecule has 0 spiro atoms. The Morgan fingerprint density at radius 1 is 1.36 bits per heavy atom. The highest BCUT2D eigenvalue weighted by molar-refractivity contribution is 7.89. The summed E-state index contributed by atoms with van der Waals surface area (Å²) in [7, 11) is -3.66. The van der Waals surface area contributed by atoms with Crippen molar-refractivity contribution >= 4 is 10.0 Å². The lowest BCUT2D eigenvalue weighted by Crippen LogP contribution is -2.33. The van der Waals surface area contributed by atoms with Gasteiger partial charge in [0, 0.05) is 25.0 Å². The van der Waals surface area contributed by atoms with Crippen LogP contribution in [0.5, 0.6) is 5.75 Å². The largest absolute Gasteiger partial charge is 0.486 e. The first-order valence-corrected chi connectivity index (χ1v) is 8.91. The minimum Gasteiger partial charge on any atom is -0.486 e. The van der Waals surface area contributed by atoms with Gasteiger partial charge in [0.25, 0.3) is 0 Å². The molecule has 1 heterocycles. The predicted octanol–water partition coefficient (Wildman–Crippen LogP) is 1.62. The van der Waals surface area contributed by atoms with Crippen molar-refractivity contribution in [2.75, 3.05) is 6.61 Å². The van der Waals surface area contributed by atoms with Crippen molar-refractivity contribution in [3.63, 3.8) is 0 Å². The summed E-state index contributed by atoms with van der Waals surface area (Å²) in [6.45, 7) is 3.93. The second-order valence-corrected chi connectivity index (χ2v) is 8.26. The van der Waals surface area contributed by atoms with Crippen LogP contribution in [0.2, 0.25) is 0 Å². The molecular formula is C16H21NO4S. The average Bonchev–Trinajstić information content (AvgIpc) is 2.99. The first kappa shape index (κ1) is 15.5. The summed E-state index contributed by atoms with van der Waals surface area (Å²) in [5, 5.41) is 9.14. The highest BCUT2D eigenvalue weighted by Crippen LogP contribution is 2.39. The zero-order chi connectivity index (χ0) is 16.0. The number of aliphatic hydroxyl groups is 1. The van der Waals surface area contributed by atoms with Crippen molar-refractivity contribution in [1.82, 2.24) is 4.72 Å². The number of hydrogen-bond donors (Lipinski definition) is 2. The zero-order valence-electron chi connectivity index (χ0n) is 12.7. The number of nitrogens with one attached hydrogen (secondary N) is 1. The summed E-state index contributed by atoms with van der Waals surface area (Å²) in [6, 6.07) is 4.94. The van der Waals surface area contributed by atoms with E-state index in [1.54, 1.807) is 18.2 Å². The van der Waals surface area contributed by atoms with E-state index in [1.165, 1.54) is 0 Å². The van der Waals surface area contributed by atoms with Crippen LogP contribution in [0.25, 0.3) is 0 Å². The fourth-order valence-corrected chi connectivity index (χ4v) is 4.43. The van der Waals surface area contributed by atoms with E-state index in [9.17, 15) is 8.42 Å². The van der Waals surface area contributed by atoms with E-state index in [2.05, 4.69) is 4.72 Å². The molecule has 2 N–H and O–H groups in total. The Hall–Kier alpha value is -1.37. The standard InChI is InChI=1S/C16H21NO4S/c1-16(2)9-12-4-3-5-14(15(12)21-16)22(19,20)17-13-7-6-11(8-13)10-18/h3-7,11,13,17-18H,8-10H2,1-2H3/t11-,13+/m0/s1. The molecule has 120 valence electrons. The van der Waals surface area contributed by atoms with Gasteiger partial charge in [-0.1, -0.05) is 24.3 Å². The Balaban J connectivity index is 1.86. The van der Waals surface area contributed by atoms with Crippen LogP contribution in [0.3, 0.4) is 0 Å². The van der Waals surface area contributed by atoms with Crippen LogP contribution in [-0.2, 0) is 16.4 Å². The fraction of sp³-hybridized carbons (Fsp3) is 0.500. The van der Waals surface area contributed by atoms with Gasteiger partial charge in [0.05, 0.1) is 0 Å². The van der Waals surface area contributed by atoms with Crippen LogP contribution in [-0.4, -0.2) is 31.8 Å². The van der Waals surface area contributed by atoms with E-state index in [1.807, 2.05) is 26.0 Å². The molecule has 22 heavy (non-hydrogen) atoms. The van der Waals surface area contributed by atoms with E-state index in [-0.39, 0.29) is 29.1 Å². The normalized spacial score (nSPS) is 26.0. The minimum absolute atomic E-state index is 0.0179. The molecule has 0 saturated carbocycles. The van der Waals surface area contributed by atoms with Crippen molar-refractivity contribution in [2.45, 2.75) is 43.2 Å². The maximum Gasteiger partial charge on any atom is 0.244 e. The molecule has 1 aliphatic heterocycles. The van der Waals surface area contributed by atoms with Crippen LogP contribution in [0.1, 0.15) is 25.8 Å². The maximum atomic E-state index is 12.7. The topological polar surface area (TPSA) is 75.6 Å². The Labute approximate surface area is 131 Å². The van der Waals surface area contributed by atoms with Gasteiger partial charge < -0.3 is 9.84 Å². The predicted molar refractivity (Wildman–Crippen MR) is 83.3 cm³/mol. The molecule has 0 unspecified atom stereocenters. The molecule has 2 atom stereocenters. The van der Waals surface area contributed by atoms with Crippen molar-refractivity contribution in [2.24, 2.45) is 5.92 Å². The van der Waals surface area contributed by atoms with Gasteiger partial charge in [-0.2, -0.15) is 0 Å². The van der Waals surface area contributed by atoms with E-state index in [0.717, 1.165) is 5.56 Å². The summed E-state index contributed by atoms with van der Waals surface area (Å²) in [6.07, 6.45) is 4.92. The average molecular weight is 323 g/mol. The zero-order valence-corrected chi connectivity index (χ0v) is 13.6. The number of benzene rings is 1. The Morgan fingerprint density at radius 2 is 2.14 bits per heavy atom. The molecule has 6 heteroatoms. The number of hydrogen-bond acceptors (Lipinski definition) is 4. The van der Waals surface area contributed by atoms with Gasteiger partial charge in [0.1, 0.15) is 16.2 Å². The van der Waals surface area contributed by atoms with Gasteiger partial charge in [-0.25, -0.2) is 13.1 Å². The van der Waals surface area contributed by atoms with Crippen LogP contribution >= 0.6 is 0 Å². The van der Waals surface area contributed by atoms with Crippen molar-refractivity contribution in [1.29, 1.82) is 0 Å². The maximum absolute atomic E-state index is 12.7.